The summed E-state index contributed by atoms with van der Waals surface area (Å²) >= 11 is 0. The molecule has 232 valence electrons. The van der Waals surface area contributed by atoms with Crippen LogP contribution in [0.3, 0.4) is 0 Å². The normalized spacial score (nSPS) is 27.7. The summed E-state index contributed by atoms with van der Waals surface area (Å²) in [6, 6.07) is 5.92. The molecular formula is C38H50O5. The van der Waals surface area contributed by atoms with Gasteiger partial charge in [0.25, 0.3) is 0 Å². The molecule has 0 amide bonds. The van der Waals surface area contributed by atoms with Crippen LogP contribution in [0.25, 0.3) is 5.76 Å². The van der Waals surface area contributed by atoms with Gasteiger partial charge in [-0.2, -0.15) is 0 Å². The van der Waals surface area contributed by atoms with E-state index < -0.39 is 33.6 Å². The number of carbonyl (C=O) groups is 3. The van der Waals surface area contributed by atoms with Crippen LogP contribution in [0.4, 0.5) is 0 Å². The Morgan fingerprint density at radius 1 is 0.837 bits per heavy atom. The van der Waals surface area contributed by atoms with E-state index in [2.05, 4.69) is 19.1 Å². The van der Waals surface area contributed by atoms with Crippen LogP contribution in [-0.2, 0) is 14.4 Å². The molecule has 0 aromatic heterocycles. The van der Waals surface area contributed by atoms with Gasteiger partial charge in [-0.1, -0.05) is 65.7 Å². The van der Waals surface area contributed by atoms with Crippen molar-refractivity contribution in [3.05, 3.63) is 82.0 Å². The monoisotopic (exact) mass is 586 g/mol. The van der Waals surface area contributed by atoms with Crippen molar-refractivity contribution in [2.24, 2.45) is 22.2 Å². The lowest BCUT2D eigenvalue weighted by Gasteiger charge is -2.61. The molecule has 1 aromatic rings. The lowest BCUT2D eigenvalue weighted by Crippen LogP contribution is -2.70. The average Bonchev–Trinajstić information content (AvgIpc) is 2.91. The molecule has 0 unspecified atom stereocenters. The number of allylic oxidation sites excluding steroid dienone is 9. The second-order valence-corrected chi connectivity index (χ2v) is 13.9. The molecule has 0 heterocycles. The molecule has 0 aliphatic heterocycles. The highest BCUT2D eigenvalue weighted by Gasteiger charge is 2.74. The molecule has 0 spiro atoms. The second-order valence-electron chi connectivity index (χ2n) is 13.9. The SMILES string of the molecule is CC(C)=CCC[C@@]1(C)[C@H](CC=C(C)C)C[C@@]2(CC=C(C)C)C(=O)/C(=C(/O)c3cccc(O)c3)C(=O)[C@]1(CC=C(C)C)C2=O. The number of Topliss-reactive ketones (excluding diaryl/α,β-unsaturated/α-hetero) is 3. The first-order valence-electron chi connectivity index (χ1n) is 15.4. The minimum atomic E-state index is -1.55. The van der Waals surface area contributed by atoms with Crippen LogP contribution in [0.2, 0.25) is 0 Å². The van der Waals surface area contributed by atoms with Crippen molar-refractivity contribution < 1.29 is 24.6 Å². The maximum atomic E-state index is 15.2. The maximum absolute atomic E-state index is 15.2. The number of benzene rings is 1. The van der Waals surface area contributed by atoms with Gasteiger partial charge in [0, 0.05) is 5.56 Å². The standard InChI is InChI=1S/C38H50O5/c1-24(2)12-11-19-36(9)29(16-15-25(3)4)23-37(20-17-26(5)6)33(41)31(32(40)28-13-10-14-30(39)22-28)34(42)38(36,35(37)43)21-18-27(7)8/h10,12-15,17-18,22,29,39-40H,11,16,19-21,23H2,1-9H3/b32-31-/t29-,36+,37+,38-/m1/s1. The molecule has 2 aliphatic carbocycles. The number of phenols is 1. The van der Waals surface area contributed by atoms with E-state index in [1.165, 1.54) is 12.1 Å². The zero-order chi connectivity index (χ0) is 32.3. The van der Waals surface area contributed by atoms with Crippen LogP contribution in [0.5, 0.6) is 5.75 Å². The van der Waals surface area contributed by atoms with Gasteiger partial charge in [-0.25, -0.2) is 0 Å². The number of aliphatic hydroxyl groups is 1. The lowest BCUT2D eigenvalue weighted by molar-refractivity contribution is -0.178. The molecule has 2 saturated carbocycles. The molecule has 0 saturated heterocycles. The molecule has 43 heavy (non-hydrogen) atoms. The number of phenolic OH excluding ortho intramolecular Hbond substituents is 1. The van der Waals surface area contributed by atoms with Gasteiger partial charge in [0.15, 0.2) is 17.3 Å². The van der Waals surface area contributed by atoms with Gasteiger partial charge in [-0.05, 0) is 117 Å². The van der Waals surface area contributed by atoms with Crippen molar-refractivity contribution in [3.8, 4) is 5.75 Å². The van der Waals surface area contributed by atoms with Crippen LogP contribution in [0.15, 0.2) is 76.4 Å². The third-order valence-electron chi connectivity index (χ3n) is 9.63. The molecule has 2 fully saturated rings. The Morgan fingerprint density at radius 3 is 1.98 bits per heavy atom. The Hall–Kier alpha value is -3.47. The minimum absolute atomic E-state index is 0.0940. The van der Waals surface area contributed by atoms with Gasteiger partial charge in [-0.3, -0.25) is 14.4 Å². The van der Waals surface area contributed by atoms with Gasteiger partial charge in [0.05, 0.1) is 5.41 Å². The molecule has 4 atom stereocenters. The van der Waals surface area contributed by atoms with Crippen LogP contribution in [-0.4, -0.2) is 27.6 Å². The fraction of sp³-hybridized carbons (Fsp3) is 0.500. The maximum Gasteiger partial charge on any atom is 0.184 e. The molecule has 2 bridgehead atoms. The molecule has 5 nitrogen and oxygen atoms in total. The van der Waals surface area contributed by atoms with Crippen molar-refractivity contribution in [2.45, 2.75) is 101 Å². The van der Waals surface area contributed by atoms with Crippen LogP contribution < -0.4 is 0 Å². The Balaban J connectivity index is 2.50. The molecular weight excluding hydrogens is 536 g/mol. The van der Waals surface area contributed by atoms with Crippen molar-refractivity contribution in [1.29, 1.82) is 0 Å². The van der Waals surface area contributed by atoms with Gasteiger partial charge in [-0.15, -0.1) is 0 Å². The van der Waals surface area contributed by atoms with E-state index in [4.69, 9.17) is 0 Å². The largest absolute Gasteiger partial charge is 0.508 e. The van der Waals surface area contributed by atoms with E-state index in [9.17, 15) is 15.0 Å². The van der Waals surface area contributed by atoms with Crippen molar-refractivity contribution in [1.82, 2.24) is 0 Å². The number of carbonyl (C=O) groups excluding carboxylic acids is 3. The number of ketones is 3. The third kappa shape index (κ3) is 6.27. The Bertz CT molecular complexity index is 1430. The number of aliphatic hydroxyl groups excluding tert-OH is 1. The van der Waals surface area contributed by atoms with Crippen molar-refractivity contribution >= 4 is 23.1 Å². The molecule has 5 heteroatoms. The number of hydrogen-bond acceptors (Lipinski definition) is 5. The lowest BCUT2D eigenvalue weighted by atomic mass is 9.37. The van der Waals surface area contributed by atoms with Crippen molar-refractivity contribution in [3.63, 3.8) is 0 Å². The quantitative estimate of drug-likeness (QED) is 0.0937. The summed E-state index contributed by atoms with van der Waals surface area (Å²) in [6.07, 6.45) is 10.7. The number of fused-ring (bicyclic) bond motifs is 2. The van der Waals surface area contributed by atoms with Crippen LogP contribution in [0.1, 0.15) is 106 Å². The highest BCUT2D eigenvalue weighted by molar-refractivity contribution is 6.41. The average molecular weight is 587 g/mol. The third-order valence-corrected chi connectivity index (χ3v) is 9.63. The number of rotatable bonds is 10. The van der Waals surface area contributed by atoms with E-state index in [1.807, 2.05) is 67.5 Å². The summed E-state index contributed by atoms with van der Waals surface area (Å²) in [4.78, 5) is 44.9. The van der Waals surface area contributed by atoms with E-state index in [0.29, 0.717) is 25.7 Å². The predicted octanol–water partition coefficient (Wildman–Crippen LogP) is 9.20. The zero-order valence-electron chi connectivity index (χ0n) is 27.6. The first-order valence-corrected chi connectivity index (χ1v) is 15.4. The molecule has 2 aliphatic rings. The van der Waals surface area contributed by atoms with E-state index in [1.54, 1.807) is 12.1 Å². The fourth-order valence-electron chi connectivity index (χ4n) is 7.10. The molecule has 0 radical (unpaired) electrons. The molecule has 3 rings (SSSR count). The topological polar surface area (TPSA) is 91.7 Å². The highest BCUT2D eigenvalue weighted by Crippen LogP contribution is 2.67. The Labute approximate surface area is 258 Å². The zero-order valence-corrected chi connectivity index (χ0v) is 27.6. The Morgan fingerprint density at radius 2 is 1.42 bits per heavy atom. The van der Waals surface area contributed by atoms with Crippen LogP contribution in [0, 0.1) is 22.2 Å². The van der Waals surface area contributed by atoms with Gasteiger partial charge < -0.3 is 10.2 Å². The number of hydrogen-bond donors (Lipinski definition) is 2. The minimum Gasteiger partial charge on any atom is -0.508 e. The molecule has 2 N–H and O–H groups in total. The van der Waals surface area contributed by atoms with E-state index >= 15 is 9.59 Å². The van der Waals surface area contributed by atoms with E-state index in [-0.39, 0.29) is 41.4 Å². The summed E-state index contributed by atoms with van der Waals surface area (Å²) in [7, 11) is 0. The highest BCUT2D eigenvalue weighted by atomic mass is 16.3. The van der Waals surface area contributed by atoms with E-state index in [0.717, 1.165) is 22.3 Å². The first-order chi connectivity index (χ1) is 20.0. The molecule has 1 aromatic carbocycles. The fourth-order valence-corrected chi connectivity index (χ4v) is 7.10. The van der Waals surface area contributed by atoms with Crippen LogP contribution >= 0.6 is 0 Å². The smallest absolute Gasteiger partial charge is 0.184 e. The van der Waals surface area contributed by atoms with Gasteiger partial charge in [0.1, 0.15) is 22.5 Å². The summed E-state index contributed by atoms with van der Waals surface area (Å²) in [5.41, 5.74) is 0.267. The van der Waals surface area contributed by atoms with Crippen molar-refractivity contribution in [2.75, 3.05) is 0 Å². The Kier molecular flexibility index (Phi) is 10.3. The summed E-state index contributed by atoms with van der Waals surface area (Å²) in [5.74, 6) is -2.22. The van der Waals surface area contributed by atoms with Gasteiger partial charge >= 0.3 is 0 Å². The predicted molar refractivity (Wildman–Crippen MR) is 175 cm³/mol. The summed E-state index contributed by atoms with van der Waals surface area (Å²) in [6.45, 7) is 18.0. The second kappa shape index (κ2) is 13.0. The summed E-state index contributed by atoms with van der Waals surface area (Å²) < 4.78 is 0. The number of aromatic hydroxyl groups is 1. The van der Waals surface area contributed by atoms with Gasteiger partial charge in [0.2, 0.25) is 0 Å². The first kappa shape index (κ1) is 34.0. The summed E-state index contributed by atoms with van der Waals surface area (Å²) in [5, 5.41) is 21.8.